The second-order valence-corrected chi connectivity index (χ2v) is 5.92. The highest BCUT2D eigenvalue weighted by atomic mass is 19.1. The summed E-state index contributed by atoms with van der Waals surface area (Å²) in [6.07, 6.45) is -0.318. The SMILES string of the molecule is Cc1ccc(O)c(CN2C[C@@H](O)C[C@H]2c2cc(F)ccc2F)n1. The normalized spacial score (nSPS) is 21.7. The first-order valence-corrected chi connectivity index (χ1v) is 7.46. The number of aromatic nitrogens is 1. The quantitative estimate of drug-likeness (QED) is 0.913. The second-order valence-electron chi connectivity index (χ2n) is 5.92. The van der Waals surface area contributed by atoms with Gasteiger partial charge in [-0.2, -0.15) is 0 Å². The van der Waals surface area contributed by atoms with Crippen molar-refractivity contribution in [3.63, 3.8) is 0 Å². The third-order valence-corrected chi connectivity index (χ3v) is 4.14. The van der Waals surface area contributed by atoms with Gasteiger partial charge in [-0.05, 0) is 43.7 Å². The minimum absolute atomic E-state index is 0.0513. The van der Waals surface area contributed by atoms with E-state index in [0.717, 1.165) is 23.9 Å². The van der Waals surface area contributed by atoms with Gasteiger partial charge in [-0.1, -0.05) is 0 Å². The van der Waals surface area contributed by atoms with Gasteiger partial charge in [-0.25, -0.2) is 8.78 Å². The third-order valence-electron chi connectivity index (χ3n) is 4.14. The summed E-state index contributed by atoms with van der Waals surface area (Å²) in [6, 6.07) is 6.12. The molecule has 6 heteroatoms. The molecule has 1 aromatic carbocycles. The number of rotatable bonds is 3. The monoisotopic (exact) mass is 320 g/mol. The Hall–Kier alpha value is -2.05. The van der Waals surface area contributed by atoms with Crippen LogP contribution in [-0.4, -0.2) is 32.7 Å². The van der Waals surface area contributed by atoms with Crippen molar-refractivity contribution in [2.24, 2.45) is 0 Å². The summed E-state index contributed by atoms with van der Waals surface area (Å²) in [6.45, 7) is 2.38. The van der Waals surface area contributed by atoms with E-state index < -0.39 is 23.8 Å². The number of aryl methyl sites for hydroxylation is 1. The lowest BCUT2D eigenvalue weighted by Gasteiger charge is -2.25. The molecule has 0 bridgehead atoms. The molecule has 0 aliphatic carbocycles. The minimum atomic E-state index is -0.630. The van der Waals surface area contributed by atoms with Crippen LogP contribution in [0.4, 0.5) is 8.78 Å². The number of hydrogen-bond acceptors (Lipinski definition) is 4. The number of aliphatic hydroxyl groups is 1. The molecule has 122 valence electrons. The van der Waals surface area contributed by atoms with Crippen LogP contribution in [0.25, 0.3) is 0 Å². The zero-order valence-electron chi connectivity index (χ0n) is 12.7. The molecule has 0 spiro atoms. The van der Waals surface area contributed by atoms with E-state index in [9.17, 15) is 19.0 Å². The van der Waals surface area contributed by atoms with Crippen LogP contribution in [0.2, 0.25) is 0 Å². The maximum atomic E-state index is 14.1. The van der Waals surface area contributed by atoms with Gasteiger partial charge in [0, 0.05) is 30.4 Å². The fourth-order valence-corrected chi connectivity index (χ4v) is 3.06. The van der Waals surface area contributed by atoms with Gasteiger partial charge in [0.15, 0.2) is 0 Å². The summed E-state index contributed by atoms with van der Waals surface area (Å²) < 4.78 is 27.5. The highest BCUT2D eigenvalue weighted by Gasteiger charge is 2.34. The van der Waals surface area contributed by atoms with E-state index in [1.54, 1.807) is 12.1 Å². The Morgan fingerprint density at radius 2 is 2.04 bits per heavy atom. The summed E-state index contributed by atoms with van der Waals surface area (Å²) in [7, 11) is 0. The molecular weight excluding hydrogens is 302 g/mol. The maximum absolute atomic E-state index is 14.1. The van der Waals surface area contributed by atoms with Gasteiger partial charge in [0.1, 0.15) is 17.4 Å². The fourth-order valence-electron chi connectivity index (χ4n) is 3.06. The van der Waals surface area contributed by atoms with Crippen LogP contribution in [-0.2, 0) is 6.54 Å². The lowest BCUT2D eigenvalue weighted by molar-refractivity contribution is 0.171. The number of aromatic hydroxyl groups is 1. The molecule has 2 heterocycles. The molecule has 1 aliphatic heterocycles. The summed E-state index contributed by atoms with van der Waals surface area (Å²) in [5.74, 6) is -0.966. The molecule has 23 heavy (non-hydrogen) atoms. The van der Waals surface area contributed by atoms with E-state index in [0.29, 0.717) is 18.7 Å². The lowest BCUT2D eigenvalue weighted by atomic mass is 10.0. The molecule has 2 aromatic rings. The fraction of sp³-hybridized carbons (Fsp3) is 0.353. The van der Waals surface area contributed by atoms with Gasteiger partial charge in [0.05, 0.1) is 11.8 Å². The lowest BCUT2D eigenvalue weighted by Crippen LogP contribution is -2.25. The third kappa shape index (κ3) is 3.33. The molecule has 1 aromatic heterocycles. The summed E-state index contributed by atoms with van der Waals surface area (Å²) in [5.41, 5.74) is 1.43. The molecule has 0 radical (unpaired) electrons. The zero-order valence-corrected chi connectivity index (χ0v) is 12.7. The topological polar surface area (TPSA) is 56.6 Å². The van der Waals surface area contributed by atoms with Crippen molar-refractivity contribution in [1.29, 1.82) is 0 Å². The van der Waals surface area contributed by atoms with E-state index >= 15 is 0 Å². The van der Waals surface area contributed by atoms with Crippen molar-refractivity contribution >= 4 is 0 Å². The van der Waals surface area contributed by atoms with Crippen LogP contribution in [0.3, 0.4) is 0 Å². The van der Waals surface area contributed by atoms with Gasteiger partial charge in [0.25, 0.3) is 0 Å². The first-order chi connectivity index (χ1) is 10.9. The van der Waals surface area contributed by atoms with E-state index in [1.165, 1.54) is 0 Å². The highest BCUT2D eigenvalue weighted by molar-refractivity contribution is 5.29. The molecule has 2 atom stereocenters. The number of benzene rings is 1. The second kappa shape index (κ2) is 6.22. The van der Waals surface area contributed by atoms with E-state index in [2.05, 4.69) is 4.98 Å². The van der Waals surface area contributed by atoms with Crippen molar-refractivity contribution in [2.75, 3.05) is 6.54 Å². The Bertz CT molecular complexity index is 724. The number of pyridine rings is 1. The Balaban J connectivity index is 1.91. The smallest absolute Gasteiger partial charge is 0.138 e. The molecule has 0 saturated carbocycles. The number of hydrogen-bond donors (Lipinski definition) is 2. The minimum Gasteiger partial charge on any atom is -0.506 e. The van der Waals surface area contributed by atoms with Gasteiger partial charge >= 0.3 is 0 Å². The van der Waals surface area contributed by atoms with E-state index in [1.807, 2.05) is 11.8 Å². The Kier molecular flexibility index (Phi) is 4.28. The van der Waals surface area contributed by atoms with Gasteiger partial charge in [-0.15, -0.1) is 0 Å². The Morgan fingerprint density at radius 3 is 2.83 bits per heavy atom. The summed E-state index contributed by atoms with van der Waals surface area (Å²) >= 11 is 0. The predicted molar refractivity (Wildman–Crippen MR) is 80.8 cm³/mol. The number of aliphatic hydroxyl groups excluding tert-OH is 1. The van der Waals surface area contributed by atoms with E-state index in [4.69, 9.17) is 0 Å². The van der Waals surface area contributed by atoms with Gasteiger partial charge < -0.3 is 10.2 Å². The van der Waals surface area contributed by atoms with Crippen LogP contribution in [0.15, 0.2) is 30.3 Å². The molecule has 0 unspecified atom stereocenters. The van der Waals surface area contributed by atoms with Crippen LogP contribution in [0.1, 0.15) is 29.4 Å². The average molecular weight is 320 g/mol. The predicted octanol–water partition coefficient (Wildman–Crippen LogP) is 2.68. The van der Waals surface area contributed by atoms with Crippen molar-refractivity contribution < 1.29 is 19.0 Å². The molecule has 3 rings (SSSR count). The molecule has 2 N–H and O–H groups in total. The van der Waals surface area contributed by atoms with Crippen molar-refractivity contribution in [3.05, 3.63) is 58.9 Å². The number of nitrogens with zero attached hydrogens (tertiary/aromatic N) is 2. The zero-order chi connectivity index (χ0) is 16.6. The molecule has 1 fully saturated rings. The summed E-state index contributed by atoms with van der Waals surface area (Å²) in [5, 5.41) is 19.9. The van der Waals surface area contributed by atoms with Gasteiger partial charge in [-0.3, -0.25) is 9.88 Å². The largest absolute Gasteiger partial charge is 0.506 e. The van der Waals surface area contributed by atoms with Crippen LogP contribution < -0.4 is 0 Å². The van der Waals surface area contributed by atoms with Crippen molar-refractivity contribution in [3.8, 4) is 5.75 Å². The highest BCUT2D eigenvalue weighted by Crippen LogP contribution is 2.35. The average Bonchev–Trinajstić information content (AvgIpc) is 2.86. The maximum Gasteiger partial charge on any atom is 0.138 e. The Morgan fingerprint density at radius 1 is 1.26 bits per heavy atom. The van der Waals surface area contributed by atoms with Crippen LogP contribution in [0, 0.1) is 18.6 Å². The molecule has 0 amide bonds. The first-order valence-electron chi connectivity index (χ1n) is 7.46. The molecule has 1 saturated heterocycles. The van der Waals surface area contributed by atoms with Crippen molar-refractivity contribution in [2.45, 2.75) is 32.0 Å². The molecule has 4 nitrogen and oxygen atoms in total. The molecule has 1 aliphatic rings. The standard InChI is InChI=1S/C17H18F2N2O2/c1-10-2-5-17(23)15(20-10)9-21-8-12(22)7-16(21)13-6-11(18)3-4-14(13)19/h2-6,12,16,22-23H,7-9H2,1H3/t12-,16-/m0/s1. The molecular formula is C17H18F2N2O2. The van der Waals surface area contributed by atoms with Gasteiger partial charge in [0.2, 0.25) is 0 Å². The number of β-amino-alcohol motifs (C(OH)–C–C–N with tert-alkyl or cyclic N) is 1. The Labute approximate surface area is 133 Å². The van der Waals surface area contributed by atoms with Crippen LogP contribution >= 0.6 is 0 Å². The summed E-state index contributed by atoms with van der Waals surface area (Å²) in [4.78, 5) is 6.10. The number of halogens is 2. The first kappa shape index (κ1) is 15.8. The number of likely N-dealkylation sites (tertiary alicyclic amines) is 1. The van der Waals surface area contributed by atoms with E-state index in [-0.39, 0.29) is 17.9 Å². The van der Waals surface area contributed by atoms with Crippen LogP contribution in [0.5, 0.6) is 5.75 Å². The van der Waals surface area contributed by atoms with Crippen molar-refractivity contribution in [1.82, 2.24) is 9.88 Å².